The van der Waals surface area contributed by atoms with Crippen molar-refractivity contribution >= 4 is 22.4 Å². The molecule has 0 bridgehead atoms. The average molecular weight is 425 g/mol. The molecule has 1 aromatic heterocycles. The molecule has 2 N–H and O–H groups in total. The molecular formula is C24H18F3NO3. The number of aryl methyl sites for hydroxylation is 2. The van der Waals surface area contributed by atoms with Gasteiger partial charge in [-0.25, -0.2) is 0 Å². The SMILES string of the molecule is Cc1ccc(C(=O)c2oc3cc(-c4cccc(OC(F)(F)F)c4)ccc3c2N)c(C)c1. The van der Waals surface area contributed by atoms with Crippen LogP contribution in [0.2, 0.25) is 0 Å². The average Bonchev–Trinajstić information content (AvgIpc) is 3.02. The highest BCUT2D eigenvalue weighted by Gasteiger charge is 2.31. The molecule has 0 spiro atoms. The van der Waals surface area contributed by atoms with E-state index in [9.17, 15) is 18.0 Å². The minimum atomic E-state index is -4.78. The Morgan fingerprint density at radius 3 is 2.42 bits per heavy atom. The standard InChI is InChI=1S/C24H18F3NO3/c1-13-6-8-18(14(2)10-13)22(29)23-21(28)19-9-7-16(12-20(19)30-23)15-4-3-5-17(11-15)31-24(25,26)27/h3-12H,28H2,1-2H3. The van der Waals surface area contributed by atoms with Crippen LogP contribution in [0.3, 0.4) is 0 Å². The molecule has 7 heteroatoms. The monoisotopic (exact) mass is 425 g/mol. The second kappa shape index (κ2) is 7.50. The molecule has 1 heterocycles. The Labute approximate surface area is 176 Å². The zero-order chi connectivity index (χ0) is 22.3. The quantitative estimate of drug-likeness (QED) is 0.383. The molecule has 0 aliphatic rings. The summed E-state index contributed by atoms with van der Waals surface area (Å²) >= 11 is 0. The number of furan rings is 1. The third-order valence-electron chi connectivity index (χ3n) is 4.96. The van der Waals surface area contributed by atoms with Gasteiger partial charge in [0.2, 0.25) is 5.78 Å². The van der Waals surface area contributed by atoms with Gasteiger partial charge in [0.15, 0.2) is 5.76 Å². The van der Waals surface area contributed by atoms with Crippen molar-refractivity contribution in [2.75, 3.05) is 5.73 Å². The highest BCUT2D eigenvalue weighted by atomic mass is 19.4. The van der Waals surface area contributed by atoms with Crippen LogP contribution in [-0.2, 0) is 0 Å². The van der Waals surface area contributed by atoms with Crippen LogP contribution in [0, 0.1) is 13.8 Å². The zero-order valence-corrected chi connectivity index (χ0v) is 16.7. The minimum Gasteiger partial charge on any atom is -0.450 e. The number of nitrogens with two attached hydrogens (primary N) is 1. The molecule has 3 aromatic carbocycles. The summed E-state index contributed by atoms with van der Waals surface area (Å²) in [5.74, 6) is -0.614. The molecule has 4 rings (SSSR count). The van der Waals surface area contributed by atoms with Gasteiger partial charge in [-0.05, 0) is 54.8 Å². The van der Waals surface area contributed by atoms with Gasteiger partial charge in [0.1, 0.15) is 11.3 Å². The molecule has 158 valence electrons. The number of rotatable bonds is 4. The third kappa shape index (κ3) is 4.12. The van der Waals surface area contributed by atoms with Gasteiger partial charge in [-0.15, -0.1) is 13.2 Å². The van der Waals surface area contributed by atoms with E-state index in [0.29, 0.717) is 27.7 Å². The van der Waals surface area contributed by atoms with Gasteiger partial charge in [0.25, 0.3) is 0 Å². The first-order valence-electron chi connectivity index (χ1n) is 9.42. The van der Waals surface area contributed by atoms with E-state index in [1.807, 2.05) is 26.0 Å². The van der Waals surface area contributed by atoms with E-state index in [1.54, 1.807) is 30.3 Å². The van der Waals surface area contributed by atoms with Crippen molar-refractivity contribution in [3.05, 3.63) is 83.1 Å². The Balaban J connectivity index is 1.73. The van der Waals surface area contributed by atoms with Crippen LogP contribution in [0.5, 0.6) is 5.75 Å². The number of carbonyl (C=O) groups is 1. The fourth-order valence-electron chi connectivity index (χ4n) is 3.53. The van der Waals surface area contributed by atoms with Gasteiger partial charge in [-0.3, -0.25) is 4.79 Å². The number of hydrogen-bond acceptors (Lipinski definition) is 4. The molecule has 4 nitrogen and oxygen atoms in total. The first-order chi connectivity index (χ1) is 14.6. The van der Waals surface area contributed by atoms with Crippen molar-refractivity contribution < 1.29 is 27.1 Å². The summed E-state index contributed by atoms with van der Waals surface area (Å²) in [7, 11) is 0. The van der Waals surface area contributed by atoms with Crippen molar-refractivity contribution in [1.29, 1.82) is 0 Å². The van der Waals surface area contributed by atoms with E-state index < -0.39 is 6.36 Å². The van der Waals surface area contributed by atoms with Crippen LogP contribution in [0.15, 0.2) is 65.1 Å². The van der Waals surface area contributed by atoms with E-state index in [4.69, 9.17) is 10.2 Å². The second-order valence-electron chi connectivity index (χ2n) is 7.28. The van der Waals surface area contributed by atoms with Crippen LogP contribution < -0.4 is 10.5 Å². The molecule has 0 radical (unpaired) electrons. The number of anilines is 1. The molecule has 31 heavy (non-hydrogen) atoms. The molecule has 0 unspecified atom stereocenters. The largest absolute Gasteiger partial charge is 0.573 e. The van der Waals surface area contributed by atoms with Gasteiger partial charge in [-0.1, -0.05) is 42.0 Å². The Kier molecular flexibility index (Phi) is 4.97. The molecule has 4 aromatic rings. The van der Waals surface area contributed by atoms with E-state index in [-0.39, 0.29) is 23.0 Å². The lowest BCUT2D eigenvalue weighted by atomic mass is 10.00. The Bertz CT molecular complexity index is 1310. The second-order valence-corrected chi connectivity index (χ2v) is 7.28. The number of fused-ring (bicyclic) bond motifs is 1. The Morgan fingerprint density at radius 2 is 1.71 bits per heavy atom. The molecule has 0 saturated heterocycles. The molecule has 0 saturated carbocycles. The van der Waals surface area contributed by atoms with Crippen molar-refractivity contribution in [3.63, 3.8) is 0 Å². The van der Waals surface area contributed by atoms with Crippen molar-refractivity contribution in [2.24, 2.45) is 0 Å². The molecule has 0 fully saturated rings. The van der Waals surface area contributed by atoms with E-state index >= 15 is 0 Å². The third-order valence-corrected chi connectivity index (χ3v) is 4.96. The summed E-state index contributed by atoms with van der Waals surface area (Å²) in [6.45, 7) is 3.78. The number of alkyl halides is 3. The van der Waals surface area contributed by atoms with Gasteiger partial charge >= 0.3 is 6.36 Å². The predicted octanol–water partition coefficient (Wildman–Crippen LogP) is 6.43. The van der Waals surface area contributed by atoms with Crippen LogP contribution in [0.25, 0.3) is 22.1 Å². The normalized spacial score (nSPS) is 11.6. The lowest BCUT2D eigenvalue weighted by molar-refractivity contribution is -0.274. The molecule has 0 amide bonds. The summed E-state index contributed by atoms with van der Waals surface area (Å²) in [6.07, 6.45) is -4.78. The van der Waals surface area contributed by atoms with Crippen LogP contribution in [0.1, 0.15) is 27.2 Å². The van der Waals surface area contributed by atoms with Gasteiger partial charge in [0.05, 0.1) is 5.69 Å². The number of halogens is 3. The molecule has 0 atom stereocenters. The number of benzene rings is 3. The van der Waals surface area contributed by atoms with Gasteiger partial charge in [-0.2, -0.15) is 0 Å². The Hall–Kier alpha value is -3.74. The fraction of sp³-hybridized carbons (Fsp3) is 0.125. The summed E-state index contributed by atoms with van der Waals surface area (Å²) in [4.78, 5) is 13.0. The minimum absolute atomic E-state index is 0.0354. The molecule has 0 aliphatic heterocycles. The predicted molar refractivity (Wildman–Crippen MR) is 112 cm³/mol. The highest BCUT2D eigenvalue weighted by Crippen LogP contribution is 2.35. The van der Waals surface area contributed by atoms with Crippen LogP contribution in [0.4, 0.5) is 18.9 Å². The first-order valence-corrected chi connectivity index (χ1v) is 9.42. The number of nitrogen functional groups attached to an aromatic ring is 1. The van der Waals surface area contributed by atoms with E-state index in [1.165, 1.54) is 18.2 Å². The van der Waals surface area contributed by atoms with Gasteiger partial charge in [0, 0.05) is 10.9 Å². The summed E-state index contributed by atoms with van der Waals surface area (Å²) in [5, 5.41) is 0.555. The molecule has 0 aliphatic carbocycles. The molecular weight excluding hydrogens is 407 g/mol. The maximum atomic E-state index is 13.0. The van der Waals surface area contributed by atoms with E-state index in [0.717, 1.165) is 11.1 Å². The zero-order valence-electron chi connectivity index (χ0n) is 16.7. The topological polar surface area (TPSA) is 65.5 Å². The maximum absolute atomic E-state index is 13.0. The fourth-order valence-corrected chi connectivity index (χ4v) is 3.53. The smallest absolute Gasteiger partial charge is 0.450 e. The van der Waals surface area contributed by atoms with Crippen molar-refractivity contribution in [3.8, 4) is 16.9 Å². The van der Waals surface area contributed by atoms with Crippen LogP contribution in [-0.4, -0.2) is 12.1 Å². The summed E-state index contributed by atoms with van der Waals surface area (Å²) in [5.41, 5.74) is 10.2. The summed E-state index contributed by atoms with van der Waals surface area (Å²) < 4.78 is 47.3. The maximum Gasteiger partial charge on any atom is 0.573 e. The van der Waals surface area contributed by atoms with Crippen LogP contribution >= 0.6 is 0 Å². The summed E-state index contributed by atoms with van der Waals surface area (Å²) in [6, 6.07) is 16.1. The lowest BCUT2D eigenvalue weighted by Gasteiger charge is -2.10. The number of carbonyl (C=O) groups excluding carboxylic acids is 1. The van der Waals surface area contributed by atoms with E-state index in [2.05, 4.69) is 4.74 Å². The van der Waals surface area contributed by atoms with Crippen molar-refractivity contribution in [1.82, 2.24) is 0 Å². The lowest BCUT2D eigenvalue weighted by Crippen LogP contribution is -2.17. The van der Waals surface area contributed by atoms with Gasteiger partial charge < -0.3 is 14.9 Å². The highest BCUT2D eigenvalue weighted by molar-refractivity contribution is 6.15. The first kappa shape index (κ1) is 20.5. The Morgan fingerprint density at radius 1 is 0.968 bits per heavy atom. The number of ether oxygens (including phenoxy) is 1. The van der Waals surface area contributed by atoms with Crippen molar-refractivity contribution in [2.45, 2.75) is 20.2 Å². The number of hydrogen-bond donors (Lipinski definition) is 1. The number of ketones is 1.